The van der Waals surface area contributed by atoms with Crippen molar-refractivity contribution >= 4 is 46.3 Å². The number of carbonyl (C=O) groups is 4. The number of halogens is 1. The Labute approximate surface area is 273 Å². The van der Waals surface area contributed by atoms with Crippen molar-refractivity contribution in [2.75, 3.05) is 25.0 Å². The van der Waals surface area contributed by atoms with Crippen LogP contribution in [0.1, 0.15) is 79.5 Å². The predicted molar refractivity (Wildman–Crippen MR) is 178 cm³/mol. The Balaban J connectivity index is 1.09. The van der Waals surface area contributed by atoms with Crippen LogP contribution in [0.2, 0.25) is 0 Å². The van der Waals surface area contributed by atoms with Crippen molar-refractivity contribution in [3.63, 3.8) is 0 Å². The highest BCUT2D eigenvalue weighted by Crippen LogP contribution is 2.32. The van der Waals surface area contributed by atoms with Crippen LogP contribution < -0.4 is 21.3 Å². The molecular formula is C36H41FN6O4. The number of pyridine rings is 1. The first kappa shape index (κ1) is 32.3. The van der Waals surface area contributed by atoms with E-state index in [-0.39, 0.29) is 36.0 Å². The van der Waals surface area contributed by atoms with E-state index in [1.165, 1.54) is 42.0 Å². The van der Waals surface area contributed by atoms with Gasteiger partial charge < -0.3 is 26.2 Å². The summed E-state index contributed by atoms with van der Waals surface area (Å²) in [5.41, 5.74) is 3.09. The molecule has 1 saturated carbocycles. The molecule has 6 rings (SSSR count). The zero-order chi connectivity index (χ0) is 32.9. The van der Waals surface area contributed by atoms with Crippen molar-refractivity contribution in [3.8, 4) is 0 Å². The van der Waals surface area contributed by atoms with E-state index in [0.29, 0.717) is 41.9 Å². The van der Waals surface area contributed by atoms with Crippen LogP contribution >= 0.6 is 0 Å². The second-order valence-electron chi connectivity index (χ2n) is 12.7. The van der Waals surface area contributed by atoms with Crippen LogP contribution in [0.25, 0.3) is 17.0 Å². The lowest BCUT2D eigenvalue weighted by Crippen LogP contribution is -2.49. The number of hydrogen-bond donors (Lipinski definition) is 4. The summed E-state index contributed by atoms with van der Waals surface area (Å²) in [6, 6.07) is 11.7. The average molecular weight is 641 g/mol. The number of nitrogens with one attached hydrogen (secondary N) is 4. The fourth-order valence-corrected chi connectivity index (χ4v) is 6.31. The Morgan fingerprint density at radius 3 is 2.64 bits per heavy atom. The van der Waals surface area contributed by atoms with Gasteiger partial charge in [-0.1, -0.05) is 30.7 Å². The molecule has 2 saturated heterocycles. The van der Waals surface area contributed by atoms with E-state index in [9.17, 15) is 23.6 Å². The molecule has 1 aliphatic carbocycles. The van der Waals surface area contributed by atoms with Gasteiger partial charge in [-0.05, 0) is 105 Å². The van der Waals surface area contributed by atoms with Gasteiger partial charge in [0.05, 0.1) is 24.1 Å². The molecule has 0 radical (unpaired) electrons. The first-order valence-corrected chi connectivity index (χ1v) is 16.6. The molecule has 47 heavy (non-hydrogen) atoms. The van der Waals surface area contributed by atoms with E-state index in [4.69, 9.17) is 0 Å². The molecule has 3 heterocycles. The van der Waals surface area contributed by atoms with Gasteiger partial charge in [0.15, 0.2) is 0 Å². The van der Waals surface area contributed by atoms with Crippen LogP contribution in [0, 0.1) is 11.7 Å². The summed E-state index contributed by atoms with van der Waals surface area (Å²) in [4.78, 5) is 58.3. The lowest BCUT2D eigenvalue weighted by atomic mass is 9.98. The lowest BCUT2D eigenvalue weighted by Gasteiger charge is -2.26. The van der Waals surface area contributed by atoms with Crippen molar-refractivity contribution in [1.29, 1.82) is 0 Å². The molecular weight excluding hydrogens is 599 g/mol. The molecule has 0 bridgehead atoms. The zero-order valence-corrected chi connectivity index (χ0v) is 26.6. The third-order valence-corrected chi connectivity index (χ3v) is 9.14. The van der Waals surface area contributed by atoms with Crippen LogP contribution in [-0.4, -0.2) is 65.2 Å². The average Bonchev–Trinajstić information content (AvgIpc) is 3.78. The number of benzene rings is 2. The maximum atomic E-state index is 13.6. The molecule has 3 atom stereocenters. The molecule has 11 heteroatoms. The summed E-state index contributed by atoms with van der Waals surface area (Å²) in [7, 11) is 0. The van der Waals surface area contributed by atoms with E-state index in [1.807, 2.05) is 25.1 Å². The van der Waals surface area contributed by atoms with Gasteiger partial charge >= 0.3 is 0 Å². The van der Waals surface area contributed by atoms with Gasteiger partial charge in [-0.2, -0.15) is 0 Å². The van der Waals surface area contributed by atoms with Crippen LogP contribution in [0.3, 0.4) is 0 Å². The normalized spacial score (nSPS) is 20.3. The van der Waals surface area contributed by atoms with Gasteiger partial charge in [-0.25, -0.2) is 9.37 Å². The topological polar surface area (TPSA) is 133 Å². The Bertz CT molecular complexity index is 1700. The van der Waals surface area contributed by atoms with Crippen LogP contribution in [-0.2, 0) is 14.4 Å². The fourth-order valence-electron chi connectivity index (χ4n) is 6.31. The second kappa shape index (κ2) is 14.4. The maximum absolute atomic E-state index is 13.6. The molecule has 0 spiro atoms. The molecule has 10 nitrogen and oxygen atoms in total. The molecule has 4 N–H and O–H groups in total. The summed E-state index contributed by atoms with van der Waals surface area (Å²) < 4.78 is 13.5. The first-order chi connectivity index (χ1) is 22.7. The Kier molecular flexibility index (Phi) is 9.91. The van der Waals surface area contributed by atoms with Crippen molar-refractivity contribution in [1.82, 2.24) is 25.8 Å². The smallest absolute Gasteiger partial charge is 0.270 e. The lowest BCUT2D eigenvalue weighted by molar-refractivity contribution is -0.137. The van der Waals surface area contributed by atoms with Gasteiger partial charge in [0.1, 0.15) is 17.6 Å². The minimum absolute atomic E-state index is 0.0624. The number of piperidine rings is 1. The maximum Gasteiger partial charge on any atom is 0.270 e. The molecule has 3 fully saturated rings. The van der Waals surface area contributed by atoms with E-state index in [2.05, 4.69) is 38.4 Å². The molecule has 2 unspecified atom stereocenters. The fraction of sp³-hybridized carbons (Fsp3) is 0.417. The number of likely N-dealkylation sites (tertiary alicyclic amines) is 1. The van der Waals surface area contributed by atoms with E-state index < -0.39 is 23.8 Å². The number of hydrogen-bond acceptors (Lipinski definition) is 6. The molecule has 2 aromatic carbocycles. The molecule has 246 valence electrons. The second-order valence-corrected chi connectivity index (χ2v) is 12.7. The quantitative estimate of drug-likeness (QED) is 0.259. The number of anilines is 1. The third kappa shape index (κ3) is 8.02. The molecule has 3 aromatic rings. The van der Waals surface area contributed by atoms with Crippen molar-refractivity contribution in [2.45, 2.75) is 70.0 Å². The summed E-state index contributed by atoms with van der Waals surface area (Å²) in [5.74, 6) is -1.04. The van der Waals surface area contributed by atoms with Crippen LogP contribution in [0.15, 0.2) is 54.6 Å². The van der Waals surface area contributed by atoms with E-state index in [0.717, 1.165) is 36.9 Å². The van der Waals surface area contributed by atoms with Crippen molar-refractivity contribution in [2.24, 2.45) is 5.92 Å². The minimum Gasteiger partial charge on any atom is -0.348 e. The van der Waals surface area contributed by atoms with Gasteiger partial charge in [-0.15, -0.1) is 0 Å². The van der Waals surface area contributed by atoms with Gasteiger partial charge in [0.2, 0.25) is 17.7 Å². The number of rotatable bonds is 10. The number of aromatic nitrogens is 1. The highest BCUT2D eigenvalue weighted by Gasteiger charge is 2.35. The number of allylic oxidation sites excluding steroid dienone is 1. The number of fused-ring (bicyclic) bond motifs is 1. The largest absolute Gasteiger partial charge is 0.348 e. The Hall–Kier alpha value is -4.64. The SMILES string of the molecule is C[C@H](NC(=O)C1CCCN1C(=O)CNC(=O)c1ccc2cc(F)ccc2n1)c1cc(NC(=O)C2CCCCN2)ccc1/C=C/C1CC1. The molecule has 1 aromatic heterocycles. The Morgan fingerprint density at radius 2 is 1.85 bits per heavy atom. The van der Waals surface area contributed by atoms with Crippen molar-refractivity contribution in [3.05, 3.63) is 77.2 Å². The van der Waals surface area contributed by atoms with E-state index in [1.54, 1.807) is 6.07 Å². The molecule has 2 aliphatic heterocycles. The first-order valence-electron chi connectivity index (χ1n) is 16.6. The Morgan fingerprint density at radius 1 is 1.00 bits per heavy atom. The number of carbonyl (C=O) groups excluding carboxylic acids is 4. The number of amides is 4. The van der Waals surface area contributed by atoms with Gasteiger partial charge in [0.25, 0.3) is 5.91 Å². The summed E-state index contributed by atoms with van der Waals surface area (Å²) in [5, 5.41) is 12.6. The number of nitrogens with zero attached hydrogens (tertiary/aromatic N) is 2. The molecule has 4 amide bonds. The standard InChI is InChI=1S/C36H41FN6O4/c1-22(28-20-27(14-11-24(28)10-9-23-7-8-23)41-35(46)30-5-2-3-17-38-30)40-36(47)32-6-4-18-43(32)33(44)21-39-34(45)31-15-12-25-19-26(37)13-16-29(25)42-31/h9-16,19-20,22-23,30,32,38H,2-8,17-18,21H2,1H3,(H,39,45)(H,40,47)(H,41,46)/b10-9+/t22-,30?,32?/m0/s1. The van der Waals surface area contributed by atoms with Crippen LogP contribution in [0.4, 0.5) is 10.1 Å². The highest BCUT2D eigenvalue weighted by atomic mass is 19.1. The van der Waals surface area contributed by atoms with Crippen LogP contribution in [0.5, 0.6) is 0 Å². The third-order valence-electron chi connectivity index (χ3n) is 9.14. The monoisotopic (exact) mass is 640 g/mol. The van der Waals surface area contributed by atoms with E-state index >= 15 is 0 Å². The summed E-state index contributed by atoms with van der Waals surface area (Å²) >= 11 is 0. The van der Waals surface area contributed by atoms with Gasteiger partial charge in [0, 0.05) is 17.6 Å². The predicted octanol–water partition coefficient (Wildman–Crippen LogP) is 4.48. The minimum atomic E-state index is -0.666. The summed E-state index contributed by atoms with van der Waals surface area (Å²) in [6.45, 7) is 2.86. The summed E-state index contributed by atoms with van der Waals surface area (Å²) in [6.07, 6.45) is 10.7. The molecule has 3 aliphatic rings. The van der Waals surface area contributed by atoms with Gasteiger partial charge in [-0.3, -0.25) is 19.2 Å². The highest BCUT2D eigenvalue weighted by molar-refractivity contribution is 5.98. The van der Waals surface area contributed by atoms with Crippen molar-refractivity contribution < 1.29 is 23.6 Å². The zero-order valence-electron chi connectivity index (χ0n) is 26.6.